The molecule has 0 bridgehead atoms. The molecule has 2 rings (SSSR count). The average Bonchev–Trinajstić information content (AvgIpc) is 2.77. The van der Waals surface area contributed by atoms with Gasteiger partial charge in [-0.15, -0.1) is 11.3 Å². The zero-order chi connectivity index (χ0) is 12.1. The van der Waals surface area contributed by atoms with Crippen LogP contribution in [0.2, 0.25) is 0 Å². The molecule has 1 aliphatic rings. The SMILES string of the molecule is NC1CCC(CNc2nc(CC=O)cs2)CC1. The molecule has 0 unspecified atom stereocenters. The molecule has 0 aliphatic heterocycles. The van der Waals surface area contributed by atoms with Crippen molar-refractivity contribution in [2.45, 2.75) is 38.1 Å². The van der Waals surface area contributed by atoms with Crippen LogP contribution in [0.4, 0.5) is 5.13 Å². The van der Waals surface area contributed by atoms with Crippen LogP contribution in [0, 0.1) is 5.92 Å². The lowest BCUT2D eigenvalue weighted by atomic mass is 9.86. The van der Waals surface area contributed by atoms with Gasteiger partial charge in [0, 0.05) is 24.4 Å². The van der Waals surface area contributed by atoms with Crippen molar-refractivity contribution in [2.75, 3.05) is 11.9 Å². The van der Waals surface area contributed by atoms with Crippen molar-refractivity contribution >= 4 is 22.8 Å². The second-order valence-electron chi connectivity index (χ2n) is 4.68. The molecule has 5 heteroatoms. The van der Waals surface area contributed by atoms with E-state index in [2.05, 4.69) is 10.3 Å². The number of nitrogens with two attached hydrogens (primary N) is 1. The lowest BCUT2D eigenvalue weighted by Crippen LogP contribution is -2.29. The minimum absolute atomic E-state index is 0.408. The van der Waals surface area contributed by atoms with Crippen LogP contribution in [0.1, 0.15) is 31.4 Å². The number of nitrogens with one attached hydrogen (secondary N) is 1. The van der Waals surface area contributed by atoms with Gasteiger partial charge in [0.05, 0.1) is 5.69 Å². The number of hydrogen-bond donors (Lipinski definition) is 2. The van der Waals surface area contributed by atoms with E-state index >= 15 is 0 Å². The number of thiazole rings is 1. The van der Waals surface area contributed by atoms with E-state index in [1.165, 1.54) is 12.8 Å². The number of nitrogens with zero attached hydrogens (tertiary/aromatic N) is 1. The van der Waals surface area contributed by atoms with Gasteiger partial charge in [0.1, 0.15) is 6.29 Å². The molecule has 4 nitrogen and oxygen atoms in total. The van der Waals surface area contributed by atoms with Gasteiger partial charge in [0.15, 0.2) is 5.13 Å². The zero-order valence-corrected chi connectivity index (χ0v) is 10.7. The van der Waals surface area contributed by atoms with Crippen LogP contribution in [0.5, 0.6) is 0 Å². The lowest BCUT2D eigenvalue weighted by molar-refractivity contribution is -0.107. The molecule has 1 aromatic heterocycles. The Kier molecular flexibility index (Phi) is 4.50. The predicted molar refractivity (Wildman–Crippen MR) is 70.3 cm³/mol. The first-order valence-corrected chi connectivity index (χ1v) is 7.03. The van der Waals surface area contributed by atoms with Crippen molar-refractivity contribution in [1.29, 1.82) is 0 Å². The number of hydrogen-bond acceptors (Lipinski definition) is 5. The second kappa shape index (κ2) is 6.12. The molecule has 0 radical (unpaired) electrons. The third-order valence-electron chi connectivity index (χ3n) is 3.28. The fraction of sp³-hybridized carbons (Fsp3) is 0.667. The second-order valence-corrected chi connectivity index (χ2v) is 5.53. The molecule has 1 aliphatic carbocycles. The molecule has 0 amide bonds. The first-order chi connectivity index (χ1) is 8.28. The van der Waals surface area contributed by atoms with Gasteiger partial charge >= 0.3 is 0 Å². The summed E-state index contributed by atoms with van der Waals surface area (Å²) in [6.07, 6.45) is 6.00. The molecule has 1 heterocycles. The first kappa shape index (κ1) is 12.5. The lowest BCUT2D eigenvalue weighted by Gasteiger charge is -2.25. The maximum absolute atomic E-state index is 10.4. The van der Waals surface area contributed by atoms with Crippen molar-refractivity contribution in [2.24, 2.45) is 11.7 Å². The van der Waals surface area contributed by atoms with Crippen molar-refractivity contribution in [1.82, 2.24) is 4.98 Å². The highest BCUT2D eigenvalue weighted by Crippen LogP contribution is 2.24. The van der Waals surface area contributed by atoms with E-state index in [-0.39, 0.29) is 0 Å². The first-order valence-electron chi connectivity index (χ1n) is 6.15. The highest BCUT2D eigenvalue weighted by Gasteiger charge is 2.18. The van der Waals surface area contributed by atoms with E-state index < -0.39 is 0 Å². The van der Waals surface area contributed by atoms with Gasteiger partial charge in [-0.05, 0) is 31.6 Å². The average molecular weight is 253 g/mol. The Morgan fingerprint density at radius 3 is 2.94 bits per heavy atom. The van der Waals surface area contributed by atoms with Gasteiger partial charge in [0.2, 0.25) is 0 Å². The topological polar surface area (TPSA) is 68.0 Å². The largest absolute Gasteiger partial charge is 0.361 e. The van der Waals surface area contributed by atoms with E-state index in [4.69, 9.17) is 5.73 Å². The van der Waals surface area contributed by atoms with Crippen LogP contribution in [0.3, 0.4) is 0 Å². The summed E-state index contributed by atoms with van der Waals surface area (Å²) in [6, 6.07) is 0.408. The van der Waals surface area contributed by atoms with Gasteiger partial charge in [-0.1, -0.05) is 0 Å². The monoisotopic (exact) mass is 253 g/mol. The summed E-state index contributed by atoms with van der Waals surface area (Å²) >= 11 is 1.57. The number of rotatable bonds is 5. The van der Waals surface area contributed by atoms with E-state index in [9.17, 15) is 4.79 Å². The Balaban J connectivity index is 1.75. The molecule has 1 aromatic rings. The molecular weight excluding hydrogens is 234 g/mol. The van der Waals surface area contributed by atoms with Crippen LogP contribution < -0.4 is 11.1 Å². The number of aromatic nitrogens is 1. The molecule has 1 fully saturated rings. The summed E-state index contributed by atoms with van der Waals surface area (Å²) in [5.41, 5.74) is 6.74. The minimum atomic E-state index is 0.408. The molecule has 0 saturated heterocycles. The summed E-state index contributed by atoms with van der Waals surface area (Å²) in [4.78, 5) is 14.7. The van der Waals surface area contributed by atoms with Crippen LogP contribution >= 0.6 is 11.3 Å². The van der Waals surface area contributed by atoms with Gasteiger partial charge in [-0.25, -0.2) is 4.98 Å². The predicted octanol–water partition coefficient (Wildman–Crippen LogP) is 1.81. The van der Waals surface area contributed by atoms with Crippen LogP contribution in [-0.2, 0) is 11.2 Å². The molecular formula is C12H19N3OS. The fourth-order valence-corrected chi connectivity index (χ4v) is 2.92. The Bertz CT molecular complexity index is 358. The summed E-state index contributed by atoms with van der Waals surface area (Å²) in [6.45, 7) is 0.973. The van der Waals surface area contributed by atoms with Crippen LogP contribution in [0.15, 0.2) is 5.38 Å². The van der Waals surface area contributed by atoms with Gasteiger partial charge in [0.25, 0.3) is 0 Å². The Morgan fingerprint density at radius 1 is 1.47 bits per heavy atom. The number of anilines is 1. The third kappa shape index (κ3) is 3.78. The van der Waals surface area contributed by atoms with E-state index in [0.29, 0.717) is 18.4 Å². The smallest absolute Gasteiger partial charge is 0.182 e. The van der Waals surface area contributed by atoms with Gasteiger partial charge < -0.3 is 15.8 Å². The van der Waals surface area contributed by atoms with E-state index in [0.717, 1.165) is 36.5 Å². The highest BCUT2D eigenvalue weighted by atomic mass is 32.1. The van der Waals surface area contributed by atoms with Crippen molar-refractivity contribution in [3.8, 4) is 0 Å². The normalized spacial score (nSPS) is 24.5. The summed E-state index contributed by atoms with van der Waals surface area (Å²) in [5.74, 6) is 0.716. The Labute approximate surface area is 106 Å². The van der Waals surface area contributed by atoms with E-state index in [1.807, 2.05) is 5.38 Å². The summed E-state index contributed by atoms with van der Waals surface area (Å²) in [5, 5.41) is 6.22. The quantitative estimate of drug-likeness (QED) is 0.785. The maximum Gasteiger partial charge on any atom is 0.182 e. The molecule has 0 atom stereocenters. The Morgan fingerprint density at radius 2 is 2.24 bits per heavy atom. The van der Waals surface area contributed by atoms with E-state index in [1.54, 1.807) is 11.3 Å². The molecule has 1 saturated carbocycles. The molecule has 0 aromatic carbocycles. The molecule has 3 N–H and O–H groups in total. The minimum Gasteiger partial charge on any atom is -0.361 e. The maximum atomic E-state index is 10.4. The van der Waals surface area contributed by atoms with Crippen molar-refractivity contribution in [3.63, 3.8) is 0 Å². The standard InChI is InChI=1S/C12H19N3OS/c13-10-3-1-9(2-4-10)7-14-12-15-11(5-6-16)8-17-12/h6,8-10H,1-5,7,13H2,(H,14,15). The van der Waals surface area contributed by atoms with Crippen LogP contribution in [-0.4, -0.2) is 23.9 Å². The number of aldehydes is 1. The highest BCUT2D eigenvalue weighted by molar-refractivity contribution is 7.13. The van der Waals surface area contributed by atoms with Gasteiger partial charge in [-0.3, -0.25) is 0 Å². The van der Waals surface area contributed by atoms with Crippen molar-refractivity contribution < 1.29 is 4.79 Å². The molecule has 0 spiro atoms. The summed E-state index contributed by atoms with van der Waals surface area (Å²) < 4.78 is 0. The summed E-state index contributed by atoms with van der Waals surface area (Å²) in [7, 11) is 0. The van der Waals surface area contributed by atoms with Crippen LogP contribution in [0.25, 0.3) is 0 Å². The Hall–Kier alpha value is -0.940. The molecule has 94 valence electrons. The van der Waals surface area contributed by atoms with Crippen molar-refractivity contribution in [3.05, 3.63) is 11.1 Å². The zero-order valence-electron chi connectivity index (χ0n) is 9.89. The fourth-order valence-electron chi connectivity index (χ4n) is 2.19. The number of carbonyl (C=O) groups is 1. The molecule has 17 heavy (non-hydrogen) atoms. The third-order valence-corrected chi connectivity index (χ3v) is 4.13. The van der Waals surface area contributed by atoms with Gasteiger partial charge in [-0.2, -0.15) is 0 Å². The number of carbonyl (C=O) groups excluding carboxylic acids is 1.